The van der Waals surface area contributed by atoms with Gasteiger partial charge < -0.3 is 5.32 Å². The van der Waals surface area contributed by atoms with Gasteiger partial charge in [0.2, 0.25) is 15.9 Å². The van der Waals surface area contributed by atoms with Crippen molar-refractivity contribution in [2.75, 3.05) is 25.0 Å². The summed E-state index contributed by atoms with van der Waals surface area (Å²) in [6, 6.07) is 6.33. The number of amides is 1. The minimum atomic E-state index is -3.68. The number of hydrogen-bond donors (Lipinski definition) is 2. The number of carbonyl (C=O) groups excluding carboxylic acids is 1. The maximum atomic E-state index is 13.0. The minimum absolute atomic E-state index is 0.0437. The zero-order chi connectivity index (χ0) is 20.3. The number of sulfonamides is 1. The highest BCUT2D eigenvalue weighted by atomic mass is 32.2. The molecule has 28 heavy (non-hydrogen) atoms. The number of carbonyl (C=O) groups is 1. The van der Waals surface area contributed by atoms with Crippen LogP contribution in [0.15, 0.2) is 35.2 Å². The monoisotopic (exact) mass is 409 g/mol. The summed E-state index contributed by atoms with van der Waals surface area (Å²) >= 11 is 0. The largest absolute Gasteiger partial charge is 0.310 e. The van der Waals surface area contributed by atoms with Crippen LogP contribution in [0.3, 0.4) is 0 Å². The maximum absolute atomic E-state index is 13.0. The van der Waals surface area contributed by atoms with Gasteiger partial charge in [-0.3, -0.25) is 14.4 Å². The lowest BCUT2D eigenvalue weighted by molar-refractivity contribution is -0.117. The molecule has 10 heteroatoms. The molecule has 1 fully saturated rings. The smallest absolute Gasteiger partial charge is 0.240 e. The molecule has 2 aromatic rings. The predicted molar refractivity (Wildman–Crippen MR) is 103 cm³/mol. The lowest BCUT2D eigenvalue weighted by Crippen LogP contribution is -2.46. The van der Waals surface area contributed by atoms with Gasteiger partial charge in [-0.15, -0.1) is 0 Å². The van der Waals surface area contributed by atoms with Crippen molar-refractivity contribution in [3.63, 3.8) is 0 Å². The predicted octanol–water partition coefficient (Wildman–Crippen LogP) is 1.25. The second-order valence-electron chi connectivity index (χ2n) is 6.97. The first-order valence-electron chi connectivity index (χ1n) is 9.04. The summed E-state index contributed by atoms with van der Waals surface area (Å²) < 4.78 is 42.0. The summed E-state index contributed by atoms with van der Waals surface area (Å²) in [6.45, 7) is 3.30. The van der Waals surface area contributed by atoms with Crippen LogP contribution >= 0.6 is 0 Å². The second-order valence-corrected chi connectivity index (χ2v) is 8.68. The number of rotatable bonds is 6. The van der Waals surface area contributed by atoms with Crippen LogP contribution in [0, 0.1) is 12.7 Å². The van der Waals surface area contributed by atoms with Crippen molar-refractivity contribution in [2.45, 2.75) is 30.7 Å². The quantitative estimate of drug-likeness (QED) is 0.749. The molecule has 3 rings (SSSR count). The van der Waals surface area contributed by atoms with E-state index in [1.54, 1.807) is 17.8 Å². The Morgan fingerprint density at radius 3 is 2.46 bits per heavy atom. The first-order valence-corrected chi connectivity index (χ1v) is 10.5. The molecule has 0 unspecified atom stereocenters. The number of nitrogens with one attached hydrogen (secondary N) is 2. The van der Waals surface area contributed by atoms with E-state index in [0.717, 1.165) is 17.8 Å². The van der Waals surface area contributed by atoms with Crippen molar-refractivity contribution in [1.82, 2.24) is 19.4 Å². The van der Waals surface area contributed by atoms with Crippen LogP contribution in [0.1, 0.15) is 18.5 Å². The first-order chi connectivity index (χ1) is 13.2. The fourth-order valence-corrected chi connectivity index (χ4v) is 4.53. The van der Waals surface area contributed by atoms with E-state index < -0.39 is 15.8 Å². The standard InChI is InChI=1S/C18H24FN5O3S/c1-13-11-17(23(2)21-13)20-18(25)12-24-9-7-15(8-10-24)22-28(26,27)16-5-3-14(19)4-6-16/h3-6,11,15,22H,7-10,12H2,1-2H3,(H,20,25). The molecule has 0 aliphatic carbocycles. The molecule has 0 saturated carbocycles. The number of halogens is 1. The fraction of sp³-hybridized carbons (Fsp3) is 0.444. The highest BCUT2D eigenvalue weighted by molar-refractivity contribution is 7.89. The fourth-order valence-electron chi connectivity index (χ4n) is 3.22. The van der Waals surface area contributed by atoms with Crippen LogP contribution in [0.5, 0.6) is 0 Å². The number of likely N-dealkylation sites (tertiary alicyclic amines) is 1. The highest BCUT2D eigenvalue weighted by Crippen LogP contribution is 2.16. The minimum Gasteiger partial charge on any atom is -0.310 e. The summed E-state index contributed by atoms with van der Waals surface area (Å²) in [5.41, 5.74) is 0.826. The molecule has 1 aliphatic heterocycles. The summed E-state index contributed by atoms with van der Waals surface area (Å²) in [7, 11) is -1.92. The third-order valence-corrected chi connectivity index (χ3v) is 6.21. The van der Waals surface area contributed by atoms with Gasteiger partial charge >= 0.3 is 0 Å². The van der Waals surface area contributed by atoms with Crippen LogP contribution in [0.4, 0.5) is 10.2 Å². The molecule has 1 saturated heterocycles. The Hall–Kier alpha value is -2.30. The second kappa shape index (κ2) is 8.38. The van der Waals surface area contributed by atoms with E-state index in [2.05, 4.69) is 15.1 Å². The Bertz CT molecular complexity index is 935. The number of anilines is 1. The van der Waals surface area contributed by atoms with E-state index in [4.69, 9.17) is 0 Å². The molecular weight excluding hydrogens is 385 g/mol. The molecule has 2 heterocycles. The Balaban J connectivity index is 1.48. The van der Waals surface area contributed by atoms with Gasteiger partial charge in [-0.25, -0.2) is 17.5 Å². The third kappa shape index (κ3) is 5.15. The van der Waals surface area contributed by atoms with Gasteiger partial charge in [0.25, 0.3) is 0 Å². The average molecular weight is 409 g/mol. The van der Waals surface area contributed by atoms with Gasteiger partial charge in [0.15, 0.2) is 0 Å². The van der Waals surface area contributed by atoms with Crippen molar-refractivity contribution in [1.29, 1.82) is 0 Å². The van der Waals surface area contributed by atoms with Crippen LogP contribution < -0.4 is 10.0 Å². The third-order valence-electron chi connectivity index (χ3n) is 4.67. The van der Waals surface area contributed by atoms with Gasteiger partial charge in [0, 0.05) is 32.2 Å². The normalized spacial score (nSPS) is 16.2. The van der Waals surface area contributed by atoms with E-state index in [1.807, 2.05) is 11.8 Å². The van der Waals surface area contributed by atoms with E-state index >= 15 is 0 Å². The number of piperidine rings is 1. The number of nitrogens with zero attached hydrogens (tertiary/aromatic N) is 3. The lowest BCUT2D eigenvalue weighted by Gasteiger charge is -2.31. The number of hydrogen-bond acceptors (Lipinski definition) is 5. The van der Waals surface area contributed by atoms with Crippen molar-refractivity contribution in [3.05, 3.63) is 41.8 Å². The van der Waals surface area contributed by atoms with Gasteiger partial charge in [-0.1, -0.05) is 0 Å². The number of aryl methyl sites for hydroxylation is 2. The van der Waals surface area contributed by atoms with Crippen LogP contribution in [-0.2, 0) is 21.9 Å². The van der Waals surface area contributed by atoms with Gasteiger partial charge in [0.05, 0.1) is 17.1 Å². The summed E-state index contributed by atoms with van der Waals surface area (Å²) in [6.07, 6.45) is 1.19. The van der Waals surface area contributed by atoms with E-state index in [9.17, 15) is 17.6 Å². The summed E-state index contributed by atoms with van der Waals surface area (Å²) in [5.74, 6) is 0.0320. The topological polar surface area (TPSA) is 96.3 Å². The van der Waals surface area contributed by atoms with Crippen LogP contribution in [0.25, 0.3) is 0 Å². The Morgan fingerprint density at radius 1 is 1.25 bits per heavy atom. The van der Waals surface area contributed by atoms with Crippen molar-refractivity contribution < 1.29 is 17.6 Å². The number of aromatic nitrogens is 2. The van der Waals surface area contributed by atoms with Gasteiger partial charge in [-0.2, -0.15) is 5.10 Å². The molecule has 0 bridgehead atoms. The Kier molecular flexibility index (Phi) is 6.11. The Labute approximate surface area is 163 Å². The molecule has 0 atom stereocenters. The van der Waals surface area contributed by atoms with Crippen molar-refractivity contribution >= 4 is 21.7 Å². The van der Waals surface area contributed by atoms with Gasteiger partial charge in [-0.05, 0) is 44.0 Å². The molecule has 152 valence electrons. The SMILES string of the molecule is Cc1cc(NC(=O)CN2CCC(NS(=O)(=O)c3ccc(F)cc3)CC2)n(C)n1. The molecule has 8 nitrogen and oxygen atoms in total. The molecule has 0 radical (unpaired) electrons. The van der Waals surface area contributed by atoms with Crippen molar-refractivity contribution in [2.24, 2.45) is 7.05 Å². The molecule has 1 aromatic carbocycles. The molecule has 1 aliphatic rings. The molecule has 1 amide bonds. The van der Waals surface area contributed by atoms with Crippen LogP contribution in [0.2, 0.25) is 0 Å². The van der Waals surface area contributed by atoms with Crippen molar-refractivity contribution in [3.8, 4) is 0 Å². The zero-order valence-corrected chi connectivity index (χ0v) is 16.7. The average Bonchev–Trinajstić information content (AvgIpc) is 2.94. The van der Waals surface area contributed by atoms with E-state index in [-0.39, 0.29) is 23.4 Å². The Morgan fingerprint density at radius 2 is 1.89 bits per heavy atom. The highest BCUT2D eigenvalue weighted by Gasteiger charge is 2.25. The summed E-state index contributed by atoms with van der Waals surface area (Å²) in [4.78, 5) is 14.3. The molecule has 0 spiro atoms. The lowest BCUT2D eigenvalue weighted by atomic mass is 10.1. The zero-order valence-electron chi connectivity index (χ0n) is 15.9. The van der Waals surface area contributed by atoms with E-state index in [0.29, 0.717) is 31.7 Å². The molecule has 1 aromatic heterocycles. The molecular formula is C18H24FN5O3S. The maximum Gasteiger partial charge on any atom is 0.240 e. The first kappa shape index (κ1) is 20.4. The van der Waals surface area contributed by atoms with Gasteiger partial charge in [0.1, 0.15) is 11.6 Å². The summed E-state index contributed by atoms with van der Waals surface area (Å²) in [5, 5.41) is 7.02. The molecule has 2 N–H and O–H groups in total. The van der Waals surface area contributed by atoms with Crippen LogP contribution in [-0.4, -0.2) is 54.7 Å². The van der Waals surface area contributed by atoms with E-state index in [1.165, 1.54) is 12.1 Å². The number of benzene rings is 1.